The van der Waals surface area contributed by atoms with E-state index in [1.807, 2.05) is 36.7 Å². The fourth-order valence-electron chi connectivity index (χ4n) is 3.62. The second-order valence-electron chi connectivity index (χ2n) is 7.71. The Bertz CT molecular complexity index is 1000. The van der Waals surface area contributed by atoms with Crippen LogP contribution < -0.4 is 4.74 Å². The molecule has 0 amide bonds. The highest BCUT2D eigenvalue weighted by Gasteiger charge is 2.19. The third kappa shape index (κ3) is 4.41. The fraction of sp³-hybridized carbons (Fsp3) is 0.348. The number of benzene rings is 1. The van der Waals surface area contributed by atoms with Gasteiger partial charge in [-0.2, -0.15) is 0 Å². The highest BCUT2D eigenvalue weighted by molar-refractivity contribution is 6.30. The van der Waals surface area contributed by atoms with E-state index in [-0.39, 0.29) is 0 Å². The molecule has 0 spiro atoms. The first kappa shape index (κ1) is 19.8. The number of methoxy groups -OCH3 is 1. The molecule has 29 heavy (non-hydrogen) atoms. The van der Waals surface area contributed by atoms with Gasteiger partial charge in [0.05, 0.1) is 12.8 Å². The Morgan fingerprint density at radius 3 is 2.72 bits per heavy atom. The Balaban J connectivity index is 1.47. The summed E-state index contributed by atoms with van der Waals surface area (Å²) in [6.45, 7) is 6.98. The maximum absolute atomic E-state index is 6.15. The van der Waals surface area contributed by atoms with Gasteiger partial charge < -0.3 is 4.74 Å². The topological polar surface area (TPSA) is 51.1 Å². The molecule has 0 saturated heterocycles. The first-order chi connectivity index (χ1) is 14.0. The zero-order valence-electron chi connectivity index (χ0n) is 17.0. The zero-order valence-corrected chi connectivity index (χ0v) is 17.8. The lowest BCUT2D eigenvalue weighted by molar-refractivity contribution is 0.242. The van der Waals surface area contributed by atoms with Crippen LogP contribution in [0.15, 0.2) is 42.7 Å². The molecule has 0 aliphatic carbocycles. The van der Waals surface area contributed by atoms with Crippen LogP contribution in [0.1, 0.15) is 42.4 Å². The largest absolute Gasteiger partial charge is 0.496 e. The third-order valence-electron chi connectivity index (χ3n) is 5.22. The first-order valence-electron chi connectivity index (χ1n) is 9.89. The number of halogens is 1. The summed E-state index contributed by atoms with van der Waals surface area (Å²) >= 11 is 6.15. The molecule has 150 valence electrons. The number of fused-ring (bicyclic) bond motifs is 1. The van der Waals surface area contributed by atoms with E-state index in [9.17, 15) is 0 Å². The van der Waals surface area contributed by atoms with E-state index in [1.54, 1.807) is 7.11 Å². The number of ether oxygens (including phenoxy) is 1. The summed E-state index contributed by atoms with van der Waals surface area (Å²) in [5.74, 6) is 2.07. The van der Waals surface area contributed by atoms with Crippen molar-refractivity contribution in [1.82, 2.24) is 19.9 Å². The van der Waals surface area contributed by atoms with Gasteiger partial charge in [0.15, 0.2) is 0 Å². The molecule has 1 aliphatic rings. The first-order valence-corrected chi connectivity index (χ1v) is 10.3. The number of aromatic nitrogens is 3. The molecule has 1 aliphatic heterocycles. The maximum Gasteiger partial charge on any atom is 0.131 e. The highest BCUT2D eigenvalue weighted by atomic mass is 35.5. The summed E-state index contributed by atoms with van der Waals surface area (Å²) in [4.78, 5) is 16.3. The van der Waals surface area contributed by atoms with Crippen LogP contribution in [0, 0.1) is 0 Å². The summed E-state index contributed by atoms with van der Waals surface area (Å²) in [6.07, 6.45) is 4.89. The second kappa shape index (κ2) is 8.47. The Morgan fingerprint density at radius 1 is 1.14 bits per heavy atom. The molecule has 3 heterocycles. The van der Waals surface area contributed by atoms with Gasteiger partial charge in [0.25, 0.3) is 0 Å². The van der Waals surface area contributed by atoms with Gasteiger partial charge in [-0.3, -0.25) is 9.88 Å². The molecule has 0 N–H and O–H groups in total. The number of hydrogen-bond acceptors (Lipinski definition) is 5. The minimum Gasteiger partial charge on any atom is -0.496 e. The Morgan fingerprint density at radius 2 is 2.00 bits per heavy atom. The van der Waals surface area contributed by atoms with Gasteiger partial charge in [-0.05, 0) is 29.8 Å². The standard InChI is InChI=1S/C23H25ClN4O/c1-15(2)23-26-12-17-14-28(9-8-20(17)27-23)13-16-4-6-21(25-11-16)19-10-18(24)5-7-22(19)29-3/h4-7,10-12,15H,8-9,13-14H2,1-3H3. The van der Waals surface area contributed by atoms with Crippen molar-refractivity contribution in [2.45, 2.75) is 39.3 Å². The smallest absolute Gasteiger partial charge is 0.131 e. The average molecular weight is 409 g/mol. The van der Waals surface area contributed by atoms with Crippen LogP contribution in [0.2, 0.25) is 5.02 Å². The van der Waals surface area contributed by atoms with E-state index in [1.165, 1.54) is 16.8 Å². The molecule has 2 aromatic heterocycles. The number of nitrogens with zero attached hydrogens (tertiary/aromatic N) is 4. The van der Waals surface area contributed by atoms with E-state index in [4.69, 9.17) is 21.3 Å². The van der Waals surface area contributed by atoms with Crippen LogP contribution in [0.3, 0.4) is 0 Å². The molecule has 0 radical (unpaired) electrons. The Hall–Kier alpha value is -2.50. The molecule has 5 nitrogen and oxygen atoms in total. The molecule has 6 heteroatoms. The highest BCUT2D eigenvalue weighted by Crippen LogP contribution is 2.31. The van der Waals surface area contributed by atoms with Gasteiger partial charge in [0.1, 0.15) is 11.6 Å². The van der Waals surface area contributed by atoms with Crippen molar-refractivity contribution in [1.29, 1.82) is 0 Å². The fourth-order valence-corrected chi connectivity index (χ4v) is 3.79. The van der Waals surface area contributed by atoms with Crippen LogP contribution in [0.4, 0.5) is 0 Å². The number of pyridine rings is 1. The minimum atomic E-state index is 0.362. The summed E-state index contributed by atoms with van der Waals surface area (Å²) in [5, 5.41) is 0.668. The third-order valence-corrected chi connectivity index (χ3v) is 5.45. The molecular formula is C23H25ClN4O. The van der Waals surface area contributed by atoms with Crippen LogP contribution >= 0.6 is 11.6 Å². The molecule has 0 unspecified atom stereocenters. The maximum atomic E-state index is 6.15. The Kier molecular flexibility index (Phi) is 5.79. The normalized spacial score (nSPS) is 14.1. The van der Waals surface area contributed by atoms with Crippen LogP contribution in [0.25, 0.3) is 11.3 Å². The number of hydrogen-bond donors (Lipinski definition) is 0. The minimum absolute atomic E-state index is 0.362. The van der Waals surface area contributed by atoms with Gasteiger partial charge in [-0.1, -0.05) is 31.5 Å². The molecule has 0 fully saturated rings. The lowest BCUT2D eigenvalue weighted by Crippen LogP contribution is -2.31. The van der Waals surface area contributed by atoms with E-state index < -0.39 is 0 Å². The Labute approximate surface area is 176 Å². The van der Waals surface area contributed by atoms with Gasteiger partial charge in [0, 0.05) is 66.2 Å². The van der Waals surface area contributed by atoms with Gasteiger partial charge in [-0.15, -0.1) is 0 Å². The average Bonchev–Trinajstić information content (AvgIpc) is 2.74. The molecule has 1 aromatic carbocycles. The van der Waals surface area contributed by atoms with Crippen LogP contribution in [0.5, 0.6) is 5.75 Å². The number of rotatable bonds is 5. The van der Waals surface area contributed by atoms with Gasteiger partial charge in [-0.25, -0.2) is 9.97 Å². The molecule has 0 saturated carbocycles. The summed E-state index contributed by atoms with van der Waals surface area (Å²) in [6, 6.07) is 9.72. The predicted molar refractivity (Wildman–Crippen MR) is 115 cm³/mol. The van der Waals surface area contributed by atoms with Crippen molar-refractivity contribution >= 4 is 11.6 Å². The second-order valence-corrected chi connectivity index (χ2v) is 8.15. The van der Waals surface area contributed by atoms with E-state index in [2.05, 4.69) is 34.8 Å². The van der Waals surface area contributed by atoms with Gasteiger partial charge in [0.2, 0.25) is 0 Å². The summed E-state index contributed by atoms with van der Waals surface area (Å²) in [7, 11) is 1.66. The van der Waals surface area contributed by atoms with Crippen LogP contribution in [-0.4, -0.2) is 33.5 Å². The summed E-state index contributed by atoms with van der Waals surface area (Å²) < 4.78 is 5.44. The van der Waals surface area contributed by atoms with Crippen molar-refractivity contribution in [2.24, 2.45) is 0 Å². The molecular weight excluding hydrogens is 384 g/mol. The van der Waals surface area contributed by atoms with Crippen molar-refractivity contribution in [3.63, 3.8) is 0 Å². The van der Waals surface area contributed by atoms with Crippen molar-refractivity contribution in [2.75, 3.05) is 13.7 Å². The predicted octanol–water partition coefficient (Wildman–Crippen LogP) is 4.88. The molecule has 0 bridgehead atoms. The van der Waals surface area contributed by atoms with E-state index >= 15 is 0 Å². The van der Waals surface area contributed by atoms with E-state index in [0.29, 0.717) is 10.9 Å². The molecule has 4 rings (SSSR count). The zero-order chi connectivity index (χ0) is 20.4. The molecule has 0 atom stereocenters. The van der Waals surface area contributed by atoms with Gasteiger partial charge >= 0.3 is 0 Å². The lowest BCUT2D eigenvalue weighted by atomic mass is 10.1. The van der Waals surface area contributed by atoms with Crippen molar-refractivity contribution < 1.29 is 4.74 Å². The quantitative estimate of drug-likeness (QED) is 0.602. The van der Waals surface area contributed by atoms with E-state index in [0.717, 1.165) is 48.9 Å². The SMILES string of the molecule is COc1ccc(Cl)cc1-c1ccc(CN2CCc3nc(C(C)C)ncc3C2)cn1. The van der Waals surface area contributed by atoms with Crippen LogP contribution in [-0.2, 0) is 19.5 Å². The van der Waals surface area contributed by atoms with Crippen molar-refractivity contribution in [3.8, 4) is 17.0 Å². The van der Waals surface area contributed by atoms with Crippen molar-refractivity contribution in [3.05, 3.63) is 70.4 Å². The molecule has 3 aromatic rings. The summed E-state index contributed by atoms with van der Waals surface area (Å²) in [5.41, 5.74) is 5.36. The monoisotopic (exact) mass is 408 g/mol. The lowest BCUT2D eigenvalue weighted by Gasteiger charge is -2.28.